The van der Waals surface area contributed by atoms with E-state index in [1.807, 2.05) is 51.1 Å². The van der Waals surface area contributed by atoms with Crippen LogP contribution in [-0.4, -0.2) is 19.0 Å². The summed E-state index contributed by atoms with van der Waals surface area (Å²) in [7, 11) is 3.77. The first-order chi connectivity index (χ1) is 10.8. The fourth-order valence-corrected chi connectivity index (χ4v) is 2.28. The topological polar surface area (TPSA) is 3.24 Å². The molecule has 128 valence electrons. The number of hydrogen-bond acceptors (Lipinski definition) is 1. The Kier molecular flexibility index (Phi) is 10.3. The van der Waals surface area contributed by atoms with Gasteiger partial charge in [0.15, 0.2) is 0 Å². The van der Waals surface area contributed by atoms with Gasteiger partial charge < -0.3 is 4.90 Å². The largest absolute Gasteiger partial charge is 0.377 e. The van der Waals surface area contributed by atoms with Crippen LogP contribution in [0.5, 0.6) is 0 Å². The molecule has 0 N–H and O–H groups in total. The lowest BCUT2D eigenvalue weighted by molar-refractivity contribution is 0.509. The van der Waals surface area contributed by atoms with Gasteiger partial charge in [-0.15, -0.1) is 0 Å². The molecule has 0 aromatic heterocycles. The van der Waals surface area contributed by atoms with Crippen molar-refractivity contribution in [3.05, 3.63) is 70.2 Å². The molecule has 0 bridgehead atoms. The van der Waals surface area contributed by atoms with Crippen molar-refractivity contribution in [2.24, 2.45) is 0 Å². The number of nitrogens with zero attached hydrogens (tertiary/aromatic N) is 1. The lowest BCUT2D eigenvalue weighted by atomic mass is 9.96. The fraction of sp³-hybridized carbons (Fsp3) is 0.400. The highest BCUT2D eigenvalue weighted by Crippen LogP contribution is 2.30. The zero-order chi connectivity index (χ0) is 18.0. The Morgan fingerprint density at radius 2 is 1.83 bits per heavy atom. The summed E-state index contributed by atoms with van der Waals surface area (Å²) in [5.74, 6) is -0.330. The number of rotatable bonds is 8. The van der Waals surface area contributed by atoms with Crippen molar-refractivity contribution in [3.63, 3.8) is 0 Å². The normalized spacial score (nSPS) is 15.0. The molecule has 0 amide bonds. The summed E-state index contributed by atoms with van der Waals surface area (Å²) in [5, 5.41) is 0.722. The molecule has 0 unspecified atom stereocenters. The molecule has 0 saturated carbocycles. The number of likely N-dealkylation sites (N-methyl/N-ethyl adjacent to an activating group) is 1. The lowest BCUT2D eigenvalue weighted by Gasteiger charge is -2.23. The van der Waals surface area contributed by atoms with Gasteiger partial charge in [0.25, 0.3) is 0 Å². The molecule has 0 fully saturated rings. The number of halogens is 2. The summed E-state index contributed by atoms with van der Waals surface area (Å²) in [6, 6.07) is 0. The van der Waals surface area contributed by atoms with Gasteiger partial charge in [-0.25, -0.2) is 4.39 Å². The maximum Gasteiger partial charge on any atom is 0.127 e. The van der Waals surface area contributed by atoms with Crippen LogP contribution in [0.15, 0.2) is 70.2 Å². The van der Waals surface area contributed by atoms with Crippen LogP contribution < -0.4 is 0 Å². The van der Waals surface area contributed by atoms with Crippen molar-refractivity contribution in [2.75, 3.05) is 14.1 Å². The van der Waals surface area contributed by atoms with Gasteiger partial charge in [-0.05, 0) is 38.3 Å². The minimum atomic E-state index is -0.330. The molecule has 23 heavy (non-hydrogen) atoms. The summed E-state index contributed by atoms with van der Waals surface area (Å²) < 4.78 is 14.2. The minimum Gasteiger partial charge on any atom is -0.377 e. The molecular formula is C20H29ClFN. The van der Waals surface area contributed by atoms with Crippen LogP contribution in [0.2, 0.25) is 0 Å². The second-order valence-electron chi connectivity index (χ2n) is 5.28. The first-order valence-electron chi connectivity index (χ1n) is 7.96. The maximum atomic E-state index is 14.2. The zero-order valence-electron chi connectivity index (χ0n) is 15.2. The second kappa shape index (κ2) is 11.1. The molecule has 3 heteroatoms. The Morgan fingerprint density at radius 1 is 1.22 bits per heavy atom. The Bertz CT molecular complexity index is 560. The van der Waals surface area contributed by atoms with E-state index in [0.717, 1.165) is 34.7 Å². The van der Waals surface area contributed by atoms with E-state index >= 15 is 0 Å². The van der Waals surface area contributed by atoms with Crippen molar-refractivity contribution in [2.45, 2.75) is 40.5 Å². The van der Waals surface area contributed by atoms with Crippen LogP contribution in [0.3, 0.4) is 0 Å². The molecule has 0 aromatic rings. The van der Waals surface area contributed by atoms with Crippen molar-refractivity contribution in [1.82, 2.24) is 4.90 Å². The van der Waals surface area contributed by atoms with Crippen LogP contribution in [0.4, 0.5) is 4.39 Å². The Balaban J connectivity index is 6.64. The highest BCUT2D eigenvalue weighted by Gasteiger charge is 2.16. The third kappa shape index (κ3) is 6.62. The summed E-state index contributed by atoms with van der Waals surface area (Å²) in [6.45, 7) is 11.6. The van der Waals surface area contributed by atoms with Crippen molar-refractivity contribution < 1.29 is 4.39 Å². The molecule has 0 aromatic carbocycles. The first kappa shape index (κ1) is 21.5. The fourth-order valence-electron chi connectivity index (χ4n) is 2.18. The second-order valence-corrected chi connectivity index (χ2v) is 5.77. The van der Waals surface area contributed by atoms with Gasteiger partial charge >= 0.3 is 0 Å². The van der Waals surface area contributed by atoms with Crippen LogP contribution in [0, 0.1) is 0 Å². The molecule has 0 aliphatic rings. The van der Waals surface area contributed by atoms with Gasteiger partial charge in [0.1, 0.15) is 5.83 Å². The average Bonchev–Trinajstić information content (AvgIpc) is 2.52. The molecule has 0 radical (unpaired) electrons. The standard InChI is InChI=1S/C20H29ClFN/c1-8-12-16(13-9-2)18(14-17(21)10-3)20(23(6)7)15(5)19(22)11-4/h8,11-14H,5,9-10H2,1-4,6-7H3/b12-8-,16-13-,17-14+,19-11+,20-18+. The maximum absolute atomic E-state index is 14.2. The van der Waals surface area contributed by atoms with Gasteiger partial charge in [-0.1, -0.05) is 56.3 Å². The van der Waals surface area contributed by atoms with Crippen molar-refractivity contribution in [3.8, 4) is 0 Å². The van der Waals surface area contributed by atoms with Crippen LogP contribution in [0.25, 0.3) is 0 Å². The zero-order valence-corrected chi connectivity index (χ0v) is 16.0. The van der Waals surface area contributed by atoms with E-state index < -0.39 is 0 Å². The van der Waals surface area contributed by atoms with Crippen molar-refractivity contribution in [1.29, 1.82) is 0 Å². The SMILES string of the molecule is C=C(/C(F)=C\C)/C(=C(/C=C(/Cl)CC)C(\C=C/C)=C/CC)N(C)C. The quantitative estimate of drug-likeness (QED) is 0.447. The van der Waals surface area contributed by atoms with E-state index in [1.165, 1.54) is 6.08 Å². The number of allylic oxidation sites excluding steroid dienone is 9. The van der Waals surface area contributed by atoms with E-state index in [2.05, 4.69) is 19.6 Å². The molecule has 0 saturated heterocycles. The van der Waals surface area contributed by atoms with Crippen molar-refractivity contribution >= 4 is 11.6 Å². The molecular weight excluding hydrogens is 309 g/mol. The van der Waals surface area contributed by atoms with Crippen LogP contribution in [0.1, 0.15) is 40.5 Å². The van der Waals surface area contributed by atoms with Gasteiger partial charge in [-0.2, -0.15) is 0 Å². The predicted molar refractivity (Wildman–Crippen MR) is 102 cm³/mol. The Labute approximate surface area is 146 Å². The third-order valence-corrected chi connectivity index (χ3v) is 3.63. The molecule has 0 aliphatic carbocycles. The monoisotopic (exact) mass is 337 g/mol. The van der Waals surface area contributed by atoms with Gasteiger partial charge in [0.2, 0.25) is 0 Å². The molecule has 0 rings (SSSR count). The smallest absolute Gasteiger partial charge is 0.127 e. The van der Waals surface area contributed by atoms with E-state index in [1.54, 1.807) is 6.92 Å². The predicted octanol–water partition coefficient (Wildman–Crippen LogP) is 6.68. The summed E-state index contributed by atoms with van der Waals surface area (Å²) >= 11 is 6.29. The highest BCUT2D eigenvalue weighted by molar-refractivity contribution is 6.29. The molecule has 1 nitrogen and oxygen atoms in total. The highest BCUT2D eigenvalue weighted by atomic mass is 35.5. The Morgan fingerprint density at radius 3 is 2.22 bits per heavy atom. The van der Waals surface area contributed by atoms with Gasteiger partial charge in [-0.3, -0.25) is 0 Å². The molecule has 0 atom stereocenters. The minimum absolute atomic E-state index is 0.330. The van der Waals surface area contributed by atoms with Crippen LogP contribution in [-0.2, 0) is 0 Å². The lowest BCUT2D eigenvalue weighted by Crippen LogP contribution is -2.16. The van der Waals surface area contributed by atoms with E-state index in [0.29, 0.717) is 5.57 Å². The van der Waals surface area contributed by atoms with E-state index in [-0.39, 0.29) is 5.83 Å². The van der Waals surface area contributed by atoms with Crippen LogP contribution >= 0.6 is 11.6 Å². The summed E-state index contributed by atoms with van der Waals surface area (Å²) in [6.07, 6.45) is 11.0. The molecule has 0 heterocycles. The van der Waals surface area contributed by atoms with E-state index in [4.69, 9.17) is 11.6 Å². The van der Waals surface area contributed by atoms with E-state index in [9.17, 15) is 4.39 Å². The first-order valence-corrected chi connectivity index (χ1v) is 8.33. The summed E-state index contributed by atoms with van der Waals surface area (Å²) in [5.41, 5.74) is 2.97. The van der Waals surface area contributed by atoms with Gasteiger partial charge in [0, 0.05) is 30.3 Å². The molecule has 0 spiro atoms. The Hall–Kier alpha value is -1.54. The average molecular weight is 338 g/mol. The summed E-state index contributed by atoms with van der Waals surface area (Å²) in [4.78, 5) is 1.88. The van der Waals surface area contributed by atoms with Gasteiger partial charge in [0.05, 0.1) is 5.70 Å². The third-order valence-electron chi connectivity index (χ3n) is 3.25. The number of hydrogen-bond donors (Lipinski definition) is 0. The molecule has 0 aliphatic heterocycles.